The van der Waals surface area contributed by atoms with Crippen molar-refractivity contribution in [1.82, 2.24) is 0 Å². The topological polar surface area (TPSA) is 134 Å². The first-order valence-corrected chi connectivity index (χ1v) is 15.1. The quantitative estimate of drug-likeness (QED) is 0.304. The molecule has 4 fully saturated rings. The van der Waals surface area contributed by atoms with Crippen LogP contribution in [0.2, 0.25) is 0 Å². The van der Waals surface area contributed by atoms with Gasteiger partial charge in [0.15, 0.2) is 0 Å². The third-order valence-electron chi connectivity index (χ3n) is 13.4. The maximum absolute atomic E-state index is 13.5. The fourth-order valence-electron chi connectivity index (χ4n) is 11.4. The van der Waals surface area contributed by atoms with Crippen molar-refractivity contribution in [2.45, 2.75) is 104 Å². The van der Waals surface area contributed by atoms with Crippen LogP contribution in [0.3, 0.4) is 0 Å². The van der Waals surface area contributed by atoms with E-state index in [1.165, 1.54) is 14.2 Å². The van der Waals surface area contributed by atoms with Gasteiger partial charge in [0.1, 0.15) is 5.41 Å². The number of carbonyl (C=O) groups excluding carboxylic acids is 2. The molecular formula is C32H50O8. The highest BCUT2D eigenvalue weighted by Gasteiger charge is 2.73. The molecule has 40 heavy (non-hydrogen) atoms. The lowest BCUT2D eigenvalue weighted by atomic mass is 9.33. The van der Waals surface area contributed by atoms with E-state index in [-0.39, 0.29) is 41.2 Å². The molecule has 4 saturated carbocycles. The Morgan fingerprint density at radius 3 is 2.15 bits per heavy atom. The summed E-state index contributed by atoms with van der Waals surface area (Å²) in [7, 11) is 2.72. The van der Waals surface area contributed by atoms with E-state index in [4.69, 9.17) is 9.47 Å². The van der Waals surface area contributed by atoms with Crippen LogP contribution in [0.5, 0.6) is 0 Å². The van der Waals surface area contributed by atoms with E-state index < -0.39 is 45.9 Å². The van der Waals surface area contributed by atoms with Gasteiger partial charge in [-0.25, -0.2) is 0 Å². The molecule has 0 radical (unpaired) electrons. The van der Waals surface area contributed by atoms with Crippen LogP contribution in [-0.2, 0) is 19.1 Å². The Labute approximate surface area is 238 Å². The number of esters is 2. The first kappa shape index (κ1) is 30.0. The molecule has 0 aromatic heterocycles. The highest BCUT2D eigenvalue weighted by molar-refractivity contribution is 5.80. The van der Waals surface area contributed by atoms with Crippen molar-refractivity contribution < 1.29 is 39.5 Å². The molecule has 0 saturated heterocycles. The van der Waals surface area contributed by atoms with Crippen LogP contribution in [0.15, 0.2) is 11.6 Å². The Bertz CT molecular complexity index is 1100. The van der Waals surface area contributed by atoms with Crippen molar-refractivity contribution in [3.63, 3.8) is 0 Å². The van der Waals surface area contributed by atoms with Crippen LogP contribution >= 0.6 is 0 Å². The summed E-state index contributed by atoms with van der Waals surface area (Å²) in [6, 6.07) is 0. The second-order valence-corrected chi connectivity index (χ2v) is 15.4. The van der Waals surface area contributed by atoms with E-state index in [2.05, 4.69) is 33.8 Å². The van der Waals surface area contributed by atoms with E-state index in [1.807, 2.05) is 0 Å². The van der Waals surface area contributed by atoms with E-state index in [0.717, 1.165) is 18.4 Å². The Hall–Kier alpha value is -1.48. The van der Waals surface area contributed by atoms with Gasteiger partial charge in [-0.3, -0.25) is 9.59 Å². The van der Waals surface area contributed by atoms with Crippen LogP contribution in [0.1, 0.15) is 86.0 Å². The molecule has 5 aliphatic rings. The fourth-order valence-corrected chi connectivity index (χ4v) is 11.4. The minimum atomic E-state index is -1.25. The third kappa shape index (κ3) is 3.45. The number of aliphatic hydroxyl groups is 4. The van der Waals surface area contributed by atoms with Gasteiger partial charge in [0.2, 0.25) is 0 Å². The van der Waals surface area contributed by atoms with E-state index in [9.17, 15) is 30.0 Å². The molecule has 0 aromatic carbocycles. The summed E-state index contributed by atoms with van der Waals surface area (Å²) < 4.78 is 10.5. The average molecular weight is 563 g/mol. The van der Waals surface area contributed by atoms with Crippen molar-refractivity contribution in [2.24, 2.45) is 50.2 Å². The number of fused-ring (bicyclic) bond motifs is 7. The highest BCUT2D eigenvalue weighted by atomic mass is 16.5. The molecule has 0 aliphatic heterocycles. The first-order chi connectivity index (χ1) is 18.6. The fraction of sp³-hybridized carbons (Fsp3) is 0.875. The molecule has 0 spiro atoms. The summed E-state index contributed by atoms with van der Waals surface area (Å²) >= 11 is 0. The molecule has 8 nitrogen and oxygen atoms in total. The number of allylic oxidation sites excluding steroid dienone is 1. The zero-order valence-electron chi connectivity index (χ0n) is 25.3. The van der Waals surface area contributed by atoms with Crippen LogP contribution in [0.4, 0.5) is 0 Å². The van der Waals surface area contributed by atoms with Crippen LogP contribution < -0.4 is 0 Å². The summed E-state index contributed by atoms with van der Waals surface area (Å²) in [4.78, 5) is 26.7. The van der Waals surface area contributed by atoms with Crippen LogP contribution in [0.25, 0.3) is 0 Å². The number of aliphatic hydroxyl groups excluding tert-OH is 4. The SMILES string of the molecule is COC(=O)[C@]1(C)[C@@H](O)[C@@H](O)C[C@]2(C)[C@H]3CC=C4[C@@H]5CC(C)(C)C[C@@H](O)[C@]5(C(=O)OC)CC[C@@]4(CO)[C@]3(C)CC[C@@H]21. The highest BCUT2D eigenvalue weighted by Crippen LogP contribution is 2.76. The molecule has 4 N–H and O–H groups in total. The molecule has 11 atom stereocenters. The molecule has 0 aromatic rings. The summed E-state index contributed by atoms with van der Waals surface area (Å²) in [5.74, 6) is -1.30. The van der Waals surface area contributed by atoms with Gasteiger partial charge >= 0.3 is 11.9 Å². The lowest BCUT2D eigenvalue weighted by Gasteiger charge is -2.71. The van der Waals surface area contributed by atoms with Crippen molar-refractivity contribution in [1.29, 1.82) is 0 Å². The molecule has 0 amide bonds. The molecule has 0 unspecified atom stereocenters. The number of hydrogen-bond donors (Lipinski definition) is 4. The van der Waals surface area contributed by atoms with Crippen molar-refractivity contribution in [2.75, 3.05) is 20.8 Å². The number of ether oxygens (including phenoxy) is 2. The maximum Gasteiger partial charge on any atom is 0.315 e. The van der Waals surface area contributed by atoms with Gasteiger partial charge in [-0.05, 0) is 92.3 Å². The summed E-state index contributed by atoms with van der Waals surface area (Å²) in [5, 5.41) is 45.2. The van der Waals surface area contributed by atoms with Gasteiger partial charge < -0.3 is 29.9 Å². The molecule has 5 aliphatic carbocycles. The normalized spacial score (nSPS) is 51.2. The van der Waals surface area contributed by atoms with Crippen LogP contribution in [-0.4, -0.2) is 71.5 Å². The summed E-state index contributed by atoms with van der Waals surface area (Å²) in [6.45, 7) is 10.3. The first-order valence-electron chi connectivity index (χ1n) is 15.1. The second kappa shape index (κ2) is 9.26. The molecule has 5 rings (SSSR count). The monoisotopic (exact) mass is 562 g/mol. The standard InChI is InChI=1S/C32H50O8/c1-27(2)14-19-18-8-9-21-28(3)15-20(34)24(36)30(5,25(37)39-6)22(28)10-11-29(21,4)31(18,17-33)12-13-32(19,23(35)16-27)26(38)40-7/h8,19-24,33-36H,9-17H2,1-7H3/t19-,20-,21+,22-,23+,24-,28+,29+,30-,31-,32-/m0/s1. The minimum Gasteiger partial charge on any atom is -0.469 e. The Balaban J connectivity index is 1.66. The van der Waals surface area contributed by atoms with E-state index >= 15 is 0 Å². The predicted octanol–water partition coefficient (Wildman–Crippen LogP) is 3.39. The Morgan fingerprint density at radius 2 is 1.55 bits per heavy atom. The van der Waals surface area contributed by atoms with Gasteiger partial charge in [0.05, 0.1) is 44.6 Å². The Kier molecular flexibility index (Phi) is 6.94. The van der Waals surface area contributed by atoms with Crippen molar-refractivity contribution >= 4 is 11.9 Å². The van der Waals surface area contributed by atoms with Gasteiger partial charge in [-0.1, -0.05) is 39.3 Å². The third-order valence-corrected chi connectivity index (χ3v) is 13.4. The molecule has 0 bridgehead atoms. The predicted molar refractivity (Wildman–Crippen MR) is 148 cm³/mol. The molecule has 8 heteroatoms. The number of methoxy groups -OCH3 is 2. The van der Waals surface area contributed by atoms with Gasteiger partial charge in [0, 0.05) is 5.41 Å². The van der Waals surface area contributed by atoms with E-state index in [0.29, 0.717) is 38.5 Å². The van der Waals surface area contributed by atoms with Crippen molar-refractivity contribution in [3.05, 3.63) is 11.6 Å². The average Bonchev–Trinajstić information content (AvgIpc) is 2.89. The van der Waals surface area contributed by atoms with Gasteiger partial charge in [-0.15, -0.1) is 0 Å². The second-order valence-electron chi connectivity index (χ2n) is 15.4. The lowest BCUT2D eigenvalue weighted by molar-refractivity contribution is -0.247. The molecule has 226 valence electrons. The largest absolute Gasteiger partial charge is 0.469 e. The smallest absolute Gasteiger partial charge is 0.315 e. The summed E-state index contributed by atoms with van der Waals surface area (Å²) in [6.07, 6.45) is 3.73. The zero-order valence-corrected chi connectivity index (χ0v) is 25.3. The van der Waals surface area contributed by atoms with E-state index in [1.54, 1.807) is 6.92 Å². The number of hydrogen-bond acceptors (Lipinski definition) is 8. The molecular weight excluding hydrogens is 512 g/mol. The number of rotatable bonds is 3. The number of carbonyl (C=O) groups is 2. The van der Waals surface area contributed by atoms with Gasteiger partial charge in [0.25, 0.3) is 0 Å². The minimum absolute atomic E-state index is 0.0212. The zero-order chi connectivity index (χ0) is 29.7. The van der Waals surface area contributed by atoms with Gasteiger partial charge in [-0.2, -0.15) is 0 Å². The Morgan fingerprint density at radius 1 is 0.900 bits per heavy atom. The molecule has 0 heterocycles. The maximum atomic E-state index is 13.5. The van der Waals surface area contributed by atoms with Crippen molar-refractivity contribution in [3.8, 4) is 0 Å². The lowest BCUT2D eigenvalue weighted by Crippen LogP contribution is -2.70. The summed E-state index contributed by atoms with van der Waals surface area (Å²) in [5.41, 5.74) is -2.88. The van der Waals surface area contributed by atoms with Crippen LogP contribution in [0, 0.1) is 50.2 Å².